The molecule has 3 rings (SSSR count). The van der Waals surface area contributed by atoms with Gasteiger partial charge >= 0.3 is 5.97 Å². The Morgan fingerprint density at radius 3 is 2.74 bits per heavy atom. The summed E-state index contributed by atoms with van der Waals surface area (Å²) >= 11 is 0. The number of nitrogens with zero attached hydrogens (tertiary/aromatic N) is 1. The molecule has 0 aliphatic carbocycles. The number of benzene rings is 1. The van der Waals surface area contributed by atoms with Gasteiger partial charge in [0.25, 0.3) is 0 Å². The molecule has 4 nitrogen and oxygen atoms in total. The van der Waals surface area contributed by atoms with Gasteiger partial charge in [-0.05, 0) is 30.7 Å². The molecule has 2 N–H and O–H groups in total. The van der Waals surface area contributed by atoms with Crippen LogP contribution in [0, 0.1) is 6.92 Å². The minimum atomic E-state index is -0.913. The number of aromatic amines is 1. The number of hydrogen-bond donors (Lipinski definition) is 2. The number of aryl methyl sites for hydroxylation is 1. The summed E-state index contributed by atoms with van der Waals surface area (Å²) in [7, 11) is 1.77. The molecule has 0 radical (unpaired) electrons. The maximum absolute atomic E-state index is 11.1. The zero-order chi connectivity index (χ0) is 13.6. The average Bonchev–Trinajstić information content (AvgIpc) is 2.91. The standard InChI is InChI=1S/C15H14N2O2/c1-9-3-4-10-11(8-16-12(10)7-9)13-5-6-14(15(18)19)17(13)2/h3-8,16H,1-2H3,(H,18,19). The lowest BCUT2D eigenvalue weighted by Gasteiger charge is -2.04. The van der Waals surface area contributed by atoms with Crippen molar-refractivity contribution in [3.8, 4) is 11.3 Å². The Bertz CT molecular complexity index is 781. The van der Waals surface area contributed by atoms with Gasteiger partial charge in [0.1, 0.15) is 5.69 Å². The minimum Gasteiger partial charge on any atom is -0.477 e. The van der Waals surface area contributed by atoms with Gasteiger partial charge in [-0.15, -0.1) is 0 Å². The van der Waals surface area contributed by atoms with Crippen molar-refractivity contribution in [1.82, 2.24) is 9.55 Å². The van der Waals surface area contributed by atoms with Crippen LogP contribution >= 0.6 is 0 Å². The molecule has 0 saturated heterocycles. The van der Waals surface area contributed by atoms with Crippen LogP contribution in [-0.2, 0) is 7.05 Å². The Hall–Kier alpha value is -2.49. The first-order chi connectivity index (χ1) is 9.08. The number of carboxylic acids is 1. The summed E-state index contributed by atoms with van der Waals surface area (Å²) in [6, 6.07) is 9.67. The molecule has 96 valence electrons. The first-order valence-electron chi connectivity index (χ1n) is 6.05. The molecule has 4 heteroatoms. The predicted octanol–water partition coefficient (Wildman–Crippen LogP) is 3.18. The number of aromatic nitrogens is 2. The van der Waals surface area contributed by atoms with E-state index < -0.39 is 5.97 Å². The highest BCUT2D eigenvalue weighted by molar-refractivity contribution is 5.96. The SMILES string of the molecule is Cc1ccc2c(-c3ccc(C(=O)O)n3C)c[nH]c2c1. The van der Waals surface area contributed by atoms with Gasteiger partial charge in [-0.1, -0.05) is 12.1 Å². The molecule has 0 aliphatic heterocycles. The van der Waals surface area contributed by atoms with Crippen molar-refractivity contribution in [3.05, 3.63) is 47.8 Å². The summed E-state index contributed by atoms with van der Waals surface area (Å²) in [6.45, 7) is 2.05. The van der Waals surface area contributed by atoms with E-state index in [1.807, 2.05) is 19.2 Å². The van der Waals surface area contributed by atoms with Crippen LogP contribution in [0.1, 0.15) is 16.1 Å². The molecule has 0 atom stereocenters. The Morgan fingerprint density at radius 2 is 2.05 bits per heavy atom. The molecular formula is C15H14N2O2. The molecule has 0 amide bonds. The van der Waals surface area contributed by atoms with Gasteiger partial charge < -0.3 is 14.7 Å². The lowest BCUT2D eigenvalue weighted by atomic mass is 10.1. The zero-order valence-corrected chi connectivity index (χ0v) is 10.8. The van der Waals surface area contributed by atoms with Crippen molar-refractivity contribution in [2.45, 2.75) is 6.92 Å². The number of rotatable bonds is 2. The number of H-pyrrole nitrogens is 1. The Balaban J connectivity index is 2.22. The summed E-state index contributed by atoms with van der Waals surface area (Å²) < 4.78 is 1.70. The highest BCUT2D eigenvalue weighted by Crippen LogP contribution is 2.30. The molecule has 0 saturated carbocycles. The topological polar surface area (TPSA) is 58.0 Å². The summed E-state index contributed by atoms with van der Waals surface area (Å²) in [5.74, 6) is -0.913. The number of aromatic carboxylic acids is 1. The number of carboxylic acid groups (broad SMARTS) is 1. The largest absolute Gasteiger partial charge is 0.477 e. The lowest BCUT2D eigenvalue weighted by Crippen LogP contribution is -2.04. The van der Waals surface area contributed by atoms with Gasteiger partial charge in [0, 0.05) is 29.7 Å². The first kappa shape index (κ1) is 11.6. The third-order valence-electron chi connectivity index (χ3n) is 3.45. The van der Waals surface area contributed by atoms with Gasteiger partial charge in [0.2, 0.25) is 0 Å². The van der Waals surface area contributed by atoms with Crippen LogP contribution in [0.3, 0.4) is 0 Å². The van der Waals surface area contributed by atoms with Crippen molar-refractivity contribution in [1.29, 1.82) is 0 Å². The highest BCUT2D eigenvalue weighted by atomic mass is 16.4. The quantitative estimate of drug-likeness (QED) is 0.738. The number of hydrogen-bond acceptors (Lipinski definition) is 1. The second kappa shape index (κ2) is 4.02. The van der Waals surface area contributed by atoms with E-state index in [-0.39, 0.29) is 5.69 Å². The zero-order valence-electron chi connectivity index (χ0n) is 10.8. The molecule has 0 aliphatic rings. The predicted molar refractivity (Wildman–Crippen MR) is 74.4 cm³/mol. The lowest BCUT2D eigenvalue weighted by molar-refractivity contribution is 0.0687. The summed E-state index contributed by atoms with van der Waals surface area (Å²) in [5.41, 5.74) is 4.46. The third kappa shape index (κ3) is 1.73. The van der Waals surface area contributed by atoms with Crippen LogP contribution in [0.15, 0.2) is 36.5 Å². The van der Waals surface area contributed by atoms with E-state index in [9.17, 15) is 4.79 Å². The second-order valence-corrected chi connectivity index (χ2v) is 4.72. The first-order valence-corrected chi connectivity index (χ1v) is 6.05. The molecule has 0 fully saturated rings. The van der Waals surface area contributed by atoms with Crippen LogP contribution in [-0.4, -0.2) is 20.6 Å². The molecular weight excluding hydrogens is 240 g/mol. The van der Waals surface area contributed by atoms with Crippen LogP contribution in [0.5, 0.6) is 0 Å². The van der Waals surface area contributed by atoms with Crippen LogP contribution in [0.4, 0.5) is 0 Å². The molecule has 2 heterocycles. The summed E-state index contributed by atoms with van der Waals surface area (Å²) in [5, 5.41) is 10.2. The Morgan fingerprint density at radius 1 is 1.26 bits per heavy atom. The molecule has 2 aromatic heterocycles. The smallest absolute Gasteiger partial charge is 0.352 e. The Labute approximate surface area is 110 Å². The Kier molecular flexibility index (Phi) is 2.45. The van der Waals surface area contributed by atoms with Crippen LogP contribution < -0.4 is 0 Å². The van der Waals surface area contributed by atoms with E-state index in [4.69, 9.17) is 5.11 Å². The van der Waals surface area contributed by atoms with E-state index >= 15 is 0 Å². The molecule has 19 heavy (non-hydrogen) atoms. The highest BCUT2D eigenvalue weighted by Gasteiger charge is 2.14. The fourth-order valence-corrected chi connectivity index (χ4v) is 2.45. The van der Waals surface area contributed by atoms with Gasteiger partial charge in [-0.3, -0.25) is 0 Å². The van der Waals surface area contributed by atoms with E-state index in [2.05, 4.69) is 23.2 Å². The van der Waals surface area contributed by atoms with Gasteiger partial charge in [0.05, 0.1) is 5.69 Å². The molecule has 3 aromatic rings. The van der Waals surface area contributed by atoms with Crippen molar-refractivity contribution >= 4 is 16.9 Å². The van der Waals surface area contributed by atoms with Crippen molar-refractivity contribution in [2.24, 2.45) is 7.05 Å². The van der Waals surface area contributed by atoms with E-state index in [0.717, 1.165) is 22.2 Å². The fraction of sp³-hybridized carbons (Fsp3) is 0.133. The summed E-state index contributed by atoms with van der Waals surface area (Å²) in [6.07, 6.45) is 1.92. The van der Waals surface area contributed by atoms with Crippen LogP contribution in [0.25, 0.3) is 22.2 Å². The molecule has 0 spiro atoms. The number of nitrogens with one attached hydrogen (secondary N) is 1. The maximum atomic E-state index is 11.1. The second-order valence-electron chi connectivity index (χ2n) is 4.72. The third-order valence-corrected chi connectivity index (χ3v) is 3.45. The maximum Gasteiger partial charge on any atom is 0.352 e. The van der Waals surface area contributed by atoms with Gasteiger partial charge in [-0.25, -0.2) is 4.79 Å². The van der Waals surface area contributed by atoms with E-state index in [1.165, 1.54) is 5.56 Å². The number of fused-ring (bicyclic) bond motifs is 1. The van der Waals surface area contributed by atoms with Crippen LogP contribution in [0.2, 0.25) is 0 Å². The van der Waals surface area contributed by atoms with Gasteiger partial charge in [0.15, 0.2) is 0 Å². The van der Waals surface area contributed by atoms with Crippen molar-refractivity contribution in [2.75, 3.05) is 0 Å². The number of carbonyl (C=O) groups is 1. The molecule has 0 unspecified atom stereocenters. The molecule has 0 bridgehead atoms. The van der Waals surface area contributed by atoms with E-state index in [0.29, 0.717) is 0 Å². The normalized spacial score (nSPS) is 11.1. The van der Waals surface area contributed by atoms with Crippen molar-refractivity contribution in [3.63, 3.8) is 0 Å². The summed E-state index contributed by atoms with van der Waals surface area (Å²) in [4.78, 5) is 14.3. The fourth-order valence-electron chi connectivity index (χ4n) is 2.45. The minimum absolute atomic E-state index is 0.288. The average molecular weight is 254 g/mol. The molecule has 1 aromatic carbocycles. The van der Waals surface area contributed by atoms with Gasteiger partial charge in [-0.2, -0.15) is 0 Å². The van der Waals surface area contributed by atoms with Crippen molar-refractivity contribution < 1.29 is 9.90 Å². The monoisotopic (exact) mass is 254 g/mol. The van der Waals surface area contributed by atoms with E-state index in [1.54, 1.807) is 17.7 Å².